The highest BCUT2D eigenvalue weighted by atomic mass is 19.1. The SMILES string of the molecule is C=C(/C=C\C(F)=C/CC)[C@]1(CCCN(C)C)OC/C(=C/C(C#N)=C\C)C1=C. The Morgan fingerprint density at radius 2 is 2.11 bits per heavy atom. The molecule has 1 aliphatic rings. The third-order valence-corrected chi connectivity index (χ3v) is 4.61. The van der Waals surface area contributed by atoms with Crippen LogP contribution in [0.4, 0.5) is 4.39 Å². The molecule has 0 aromatic heterocycles. The molecule has 3 nitrogen and oxygen atoms in total. The summed E-state index contributed by atoms with van der Waals surface area (Å²) in [4.78, 5) is 2.11. The molecule has 1 fully saturated rings. The van der Waals surface area contributed by atoms with Crippen molar-refractivity contribution in [3.05, 3.63) is 71.7 Å². The van der Waals surface area contributed by atoms with Crippen LogP contribution in [-0.4, -0.2) is 37.7 Å². The van der Waals surface area contributed by atoms with E-state index >= 15 is 0 Å². The van der Waals surface area contributed by atoms with Crippen molar-refractivity contribution < 1.29 is 9.13 Å². The zero-order valence-corrected chi connectivity index (χ0v) is 17.0. The fraction of sp³-hybridized carbons (Fsp3) is 0.435. The molecule has 0 bridgehead atoms. The van der Waals surface area contributed by atoms with Gasteiger partial charge in [-0.3, -0.25) is 0 Å². The minimum atomic E-state index is -0.765. The molecule has 0 aliphatic carbocycles. The van der Waals surface area contributed by atoms with Crippen molar-refractivity contribution in [1.82, 2.24) is 4.90 Å². The first-order valence-electron chi connectivity index (χ1n) is 9.29. The number of halogens is 1. The quantitative estimate of drug-likeness (QED) is 0.401. The van der Waals surface area contributed by atoms with Gasteiger partial charge in [0, 0.05) is 5.57 Å². The Labute approximate surface area is 163 Å². The number of hydrogen-bond donors (Lipinski definition) is 0. The second kappa shape index (κ2) is 10.8. The van der Waals surface area contributed by atoms with Gasteiger partial charge in [0.05, 0.1) is 12.7 Å². The molecule has 1 rings (SSSR count). The maximum atomic E-state index is 13.8. The minimum absolute atomic E-state index is 0.290. The van der Waals surface area contributed by atoms with Crippen molar-refractivity contribution in [2.75, 3.05) is 27.2 Å². The Morgan fingerprint density at radius 1 is 1.41 bits per heavy atom. The van der Waals surface area contributed by atoms with E-state index in [2.05, 4.69) is 24.1 Å². The largest absolute Gasteiger partial charge is 0.361 e. The lowest BCUT2D eigenvalue weighted by Crippen LogP contribution is -2.32. The molecule has 146 valence electrons. The Balaban J connectivity index is 3.17. The highest BCUT2D eigenvalue weighted by Gasteiger charge is 2.42. The number of nitrogens with zero attached hydrogens (tertiary/aromatic N) is 2. The molecule has 0 radical (unpaired) electrons. The van der Waals surface area contributed by atoms with E-state index in [0.717, 1.165) is 24.1 Å². The summed E-state index contributed by atoms with van der Waals surface area (Å²) in [6, 6.07) is 2.16. The molecule has 0 saturated carbocycles. The van der Waals surface area contributed by atoms with Crippen LogP contribution >= 0.6 is 0 Å². The molecule has 4 heteroatoms. The fourth-order valence-electron chi connectivity index (χ4n) is 3.02. The second-order valence-electron chi connectivity index (χ2n) is 6.88. The third kappa shape index (κ3) is 6.16. The first kappa shape index (κ1) is 22.8. The summed E-state index contributed by atoms with van der Waals surface area (Å²) in [5, 5.41) is 9.19. The normalized spacial score (nSPS) is 22.9. The lowest BCUT2D eigenvalue weighted by atomic mass is 9.81. The molecule has 1 aliphatic heterocycles. The van der Waals surface area contributed by atoms with E-state index in [1.54, 1.807) is 12.2 Å². The topological polar surface area (TPSA) is 36.3 Å². The molecule has 0 aromatic carbocycles. The van der Waals surface area contributed by atoms with E-state index in [4.69, 9.17) is 4.74 Å². The molecule has 0 amide bonds. The summed E-state index contributed by atoms with van der Waals surface area (Å²) >= 11 is 0. The average Bonchev–Trinajstić information content (AvgIpc) is 2.94. The Hall–Kier alpha value is -2.22. The van der Waals surface area contributed by atoms with Crippen molar-refractivity contribution in [1.29, 1.82) is 5.26 Å². The van der Waals surface area contributed by atoms with Crippen LogP contribution in [0.2, 0.25) is 0 Å². The van der Waals surface area contributed by atoms with Gasteiger partial charge in [0.15, 0.2) is 0 Å². The number of rotatable bonds is 9. The molecule has 0 spiro atoms. The molecule has 0 N–H and O–H groups in total. The Kier molecular flexibility index (Phi) is 9.14. The van der Waals surface area contributed by atoms with Crippen molar-refractivity contribution in [3.8, 4) is 6.07 Å². The van der Waals surface area contributed by atoms with Crippen molar-refractivity contribution in [2.24, 2.45) is 0 Å². The van der Waals surface area contributed by atoms with Crippen molar-refractivity contribution in [3.63, 3.8) is 0 Å². The van der Waals surface area contributed by atoms with Crippen molar-refractivity contribution in [2.45, 2.75) is 38.7 Å². The smallest absolute Gasteiger partial charge is 0.119 e. The standard InChI is InChI=1S/C23H31FN2O/c1-7-10-22(24)12-11-18(3)23(13-9-14-26(5)6)19(4)21(17-27-23)15-20(8-2)16-25/h8,10-12,15H,3-4,7,9,13-14,17H2,1-2,5-6H3/b12-11-,20-8+,21-15-,22-10+/t23-/m0/s1. The van der Waals surface area contributed by atoms with Gasteiger partial charge in [0.2, 0.25) is 0 Å². The number of hydrogen-bond acceptors (Lipinski definition) is 3. The van der Waals surface area contributed by atoms with Crippen LogP contribution in [0, 0.1) is 11.3 Å². The molecule has 27 heavy (non-hydrogen) atoms. The highest BCUT2D eigenvalue weighted by Crippen LogP contribution is 2.43. The van der Waals surface area contributed by atoms with Gasteiger partial charge in [-0.1, -0.05) is 32.2 Å². The minimum Gasteiger partial charge on any atom is -0.361 e. The average molecular weight is 371 g/mol. The van der Waals surface area contributed by atoms with Gasteiger partial charge in [-0.2, -0.15) is 5.26 Å². The summed E-state index contributed by atoms with van der Waals surface area (Å²) in [7, 11) is 4.04. The summed E-state index contributed by atoms with van der Waals surface area (Å²) in [6.45, 7) is 13.4. The van der Waals surface area contributed by atoms with Gasteiger partial charge in [0.25, 0.3) is 0 Å². The van der Waals surface area contributed by atoms with Crippen LogP contribution in [0.15, 0.2) is 71.7 Å². The number of ether oxygens (including phenoxy) is 1. The molecule has 0 unspecified atom stereocenters. The van der Waals surface area contributed by atoms with E-state index in [-0.39, 0.29) is 5.83 Å². The molecule has 0 aromatic rings. The van der Waals surface area contributed by atoms with E-state index < -0.39 is 5.60 Å². The van der Waals surface area contributed by atoms with Crippen molar-refractivity contribution >= 4 is 0 Å². The van der Waals surface area contributed by atoms with Gasteiger partial charge in [0.1, 0.15) is 11.4 Å². The van der Waals surface area contributed by atoms with Crippen LogP contribution in [0.25, 0.3) is 0 Å². The number of allylic oxidation sites excluding steroid dienone is 6. The monoisotopic (exact) mass is 370 g/mol. The second-order valence-corrected chi connectivity index (χ2v) is 6.88. The van der Waals surface area contributed by atoms with E-state index in [1.807, 2.05) is 34.0 Å². The van der Waals surface area contributed by atoms with Crippen LogP contribution in [-0.2, 0) is 4.74 Å². The van der Waals surface area contributed by atoms with Gasteiger partial charge in [-0.15, -0.1) is 0 Å². The number of nitriles is 1. The first-order valence-corrected chi connectivity index (χ1v) is 9.29. The molecular formula is C23H31FN2O. The molecular weight excluding hydrogens is 339 g/mol. The lowest BCUT2D eigenvalue weighted by molar-refractivity contribution is 0.0503. The summed E-state index contributed by atoms with van der Waals surface area (Å²) in [6.07, 6.45) is 10.4. The zero-order valence-electron chi connectivity index (χ0n) is 17.0. The van der Waals surface area contributed by atoms with Crippen LogP contribution in [0.5, 0.6) is 0 Å². The summed E-state index contributed by atoms with van der Waals surface area (Å²) < 4.78 is 20.0. The Bertz CT molecular complexity index is 719. The predicted octanol–water partition coefficient (Wildman–Crippen LogP) is 5.43. The van der Waals surface area contributed by atoms with E-state index in [1.165, 1.54) is 12.2 Å². The van der Waals surface area contributed by atoms with Gasteiger partial charge in [-0.25, -0.2) is 4.39 Å². The van der Waals surface area contributed by atoms with Crippen LogP contribution < -0.4 is 0 Å². The van der Waals surface area contributed by atoms with Crippen LogP contribution in [0.1, 0.15) is 33.1 Å². The zero-order chi connectivity index (χ0) is 20.4. The molecule has 1 saturated heterocycles. The predicted molar refractivity (Wildman–Crippen MR) is 111 cm³/mol. The van der Waals surface area contributed by atoms with E-state index in [0.29, 0.717) is 30.6 Å². The summed E-state index contributed by atoms with van der Waals surface area (Å²) in [5.41, 5.74) is 2.16. The Morgan fingerprint density at radius 3 is 2.67 bits per heavy atom. The highest BCUT2D eigenvalue weighted by molar-refractivity contribution is 5.54. The summed E-state index contributed by atoms with van der Waals surface area (Å²) in [5.74, 6) is -0.290. The van der Waals surface area contributed by atoms with Gasteiger partial charge in [-0.05, 0) is 81.8 Å². The molecule has 1 atom stereocenters. The van der Waals surface area contributed by atoms with E-state index in [9.17, 15) is 9.65 Å². The van der Waals surface area contributed by atoms with Gasteiger partial charge >= 0.3 is 0 Å². The maximum absolute atomic E-state index is 13.8. The fourth-order valence-corrected chi connectivity index (χ4v) is 3.02. The van der Waals surface area contributed by atoms with Crippen LogP contribution in [0.3, 0.4) is 0 Å². The molecule has 1 heterocycles. The maximum Gasteiger partial charge on any atom is 0.119 e. The lowest BCUT2D eigenvalue weighted by Gasteiger charge is -2.31. The third-order valence-electron chi connectivity index (χ3n) is 4.61. The first-order chi connectivity index (χ1) is 12.8. The van der Waals surface area contributed by atoms with Gasteiger partial charge < -0.3 is 9.64 Å².